The lowest BCUT2D eigenvalue weighted by atomic mass is 10.0. The molecular weight excluding hydrogens is 254 g/mol. The Morgan fingerprint density at radius 3 is 2.65 bits per heavy atom. The highest BCUT2D eigenvalue weighted by atomic mass is 16.5. The summed E-state index contributed by atoms with van der Waals surface area (Å²) in [6, 6.07) is 3.84. The predicted molar refractivity (Wildman–Crippen MR) is 76.9 cm³/mol. The third kappa shape index (κ3) is 2.21. The third-order valence-electron chi connectivity index (χ3n) is 4.41. The summed E-state index contributed by atoms with van der Waals surface area (Å²) in [7, 11) is 1.68. The van der Waals surface area contributed by atoms with Gasteiger partial charge in [0, 0.05) is 50.6 Å². The highest BCUT2D eigenvalue weighted by Gasteiger charge is 2.42. The van der Waals surface area contributed by atoms with Crippen molar-refractivity contribution < 1.29 is 9.53 Å². The normalized spacial score (nSPS) is 24.9. The van der Waals surface area contributed by atoms with Gasteiger partial charge in [0.15, 0.2) is 11.6 Å². The van der Waals surface area contributed by atoms with Crippen LogP contribution >= 0.6 is 0 Å². The van der Waals surface area contributed by atoms with Gasteiger partial charge in [-0.1, -0.05) is 6.92 Å². The fourth-order valence-corrected chi connectivity index (χ4v) is 3.37. The summed E-state index contributed by atoms with van der Waals surface area (Å²) in [5.74, 6) is 3.17. The molecule has 0 radical (unpaired) electrons. The van der Waals surface area contributed by atoms with Crippen LogP contribution in [-0.2, 0) is 4.79 Å². The maximum atomic E-state index is 11.8. The number of hydrogen-bond acceptors (Lipinski definition) is 4. The van der Waals surface area contributed by atoms with Crippen molar-refractivity contribution >= 4 is 11.7 Å². The number of aromatic nitrogens is 1. The van der Waals surface area contributed by atoms with Gasteiger partial charge in [0.1, 0.15) is 0 Å². The molecule has 3 rings (SSSR count). The summed E-state index contributed by atoms with van der Waals surface area (Å²) >= 11 is 0. The monoisotopic (exact) mass is 275 g/mol. The third-order valence-corrected chi connectivity index (χ3v) is 4.41. The van der Waals surface area contributed by atoms with E-state index in [9.17, 15) is 4.79 Å². The van der Waals surface area contributed by atoms with Crippen molar-refractivity contribution in [3.8, 4) is 5.75 Å². The number of fused-ring (bicyclic) bond motifs is 1. The van der Waals surface area contributed by atoms with Crippen LogP contribution in [0.25, 0.3) is 0 Å². The van der Waals surface area contributed by atoms with E-state index < -0.39 is 0 Å². The Kier molecular flexibility index (Phi) is 3.51. The minimum absolute atomic E-state index is 0.279. The van der Waals surface area contributed by atoms with E-state index >= 15 is 0 Å². The van der Waals surface area contributed by atoms with Crippen molar-refractivity contribution in [2.45, 2.75) is 13.3 Å². The minimum Gasteiger partial charge on any atom is -0.493 e. The van der Waals surface area contributed by atoms with E-state index in [-0.39, 0.29) is 5.91 Å². The molecule has 1 amide bonds. The maximum absolute atomic E-state index is 11.8. The molecule has 0 aromatic carbocycles. The first-order valence-corrected chi connectivity index (χ1v) is 7.24. The molecule has 20 heavy (non-hydrogen) atoms. The first-order chi connectivity index (χ1) is 9.72. The van der Waals surface area contributed by atoms with E-state index in [1.807, 2.05) is 24.0 Å². The fraction of sp³-hybridized carbons (Fsp3) is 0.600. The molecule has 0 N–H and O–H groups in total. The summed E-state index contributed by atoms with van der Waals surface area (Å²) < 4.78 is 5.39. The van der Waals surface area contributed by atoms with Crippen molar-refractivity contribution in [2.75, 3.05) is 38.2 Å². The van der Waals surface area contributed by atoms with Crippen molar-refractivity contribution in [1.82, 2.24) is 9.88 Å². The number of nitrogens with zero attached hydrogens (tertiary/aromatic N) is 3. The van der Waals surface area contributed by atoms with E-state index in [0.717, 1.165) is 37.7 Å². The molecule has 0 saturated carbocycles. The molecule has 2 unspecified atom stereocenters. The molecule has 3 heterocycles. The van der Waals surface area contributed by atoms with Gasteiger partial charge in [0.25, 0.3) is 0 Å². The summed E-state index contributed by atoms with van der Waals surface area (Å²) in [6.07, 6.45) is 2.41. The van der Waals surface area contributed by atoms with Crippen LogP contribution in [0.2, 0.25) is 0 Å². The second kappa shape index (κ2) is 5.31. The number of methoxy groups -OCH3 is 1. The second-order valence-corrected chi connectivity index (χ2v) is 5.61. The number of rotatable bonds is 3. The molecule has 1 aromatic heterocycles. The lowest BCUT2D eigenvalue weighted by molar-refractivity contribution is -0.130. The van der Waals surface area contributed by atoms with Crippen LogP contribution in [0, 0.1) is 11.8 Å². The molecule has 2 aliphatic heterocycles. The molecule has 2 aliphatic rings. The predicted octanol–water partition coefficient (Wildman–Crippen LogP) is 1.39. The van der Waals surface area contributed by atoms with E-state index in [0.29, 0.717) is 18.3 Å². The molecule has 0 spiro atoms. The van der Waals surface area contributed by atoms with E-state index in [4.69, 9.17) is 4.74 Å². The van der Waals surface area contributed by atoms with E-state index in [2.05, 4.69) is 9.88 Å². The van der Waals surface area contributed by atoms with Crippen LogP contribution in [0.4, 0.5) is 5.82 Å². The van der Waals surface area contributed by atoms with Gasteiger partial charge in [-0.05, 0) is 12.1 Å². The van der Waals surface area contributed by atoms with Crippen LogP contribution in [0.3, 0.4) is 0 Å². The fourth-order valence-electron chi connectivity index (χ4n) is 3.37. The van der Waals surface area contributed by atoms with Crippen LogP contribution in [-0.4, -0.2) is 49.1 Å². The molecule has 5 heteroatoms. The van der Waals surface area contributed by atoms with Gasteiger partial charge >= 0.3 is 0 Å². The van der Waals surface area contributed by atoms with Crippen molar-refractivity contribution in [1.29, 1.82) is 0 Å². The molecule has 1 aromatic rings. The van der Waals surface area contributed by atoms with Crippen LogP contribution in [0.5, 0.6) is 5.75 Å². The van der Waals surface area contributed by atoms with Crippen LogP contribution < -0.4 is 9.64 Å². The van der Waals surface area contributed by atoms with E-state index in [1.54, 1.807) is 13.3 Å². The molecule has 5 nitrogen and oxygen atoms in total. The Balaban J connectivity index is 1.70. The lowest BCUT2D eigenvalue weighted by Gasteiger charge is -2.23. The SMILES string of the molecule is CCC(=O)N1CC2CN(c3ncccc3OC)CC2C1. The number of pyridine rings is 1. The second-order valence-electron chi connectivity index (χ2n) is 5.61. The zero-order valence-electron chi connectivity index (χ0n) is 12.1. The molecule has 108 valence electrons. The van der Waals surface area contributed by atoms with Gasteiger partial charge in [-0.2, -0.15) is 0 Å². The first-order valence-electron chi connectivity index (χ1n) is 7.24. The molecule has 0 bridgehead atoms. The van der Waals surface area contributed by atoms with Gasteiger partial charge in [0.05, 0.1) is 7.11 Å². The molecule has 0 aliphatic carbocycles. The van der Waals surface area contributed by atoms with Crippen molar-refractivity contribution in [2.24, 2.45) is 11.8 Å². The lowest BCUT2D eigenvalue weighted by Crippen LogP contribution is -2.33. The largest absolute Gasteiger partial charge is 0.493 e. The molecular formula is C15H21N3O2. The van der Waals surface area contributed by atoms with Gasteiger partial charge in [-0.3, -0.25) is 4.79 Å². The summed E-state index contributed by atoms with van der Waals surface area (Å²) in [6.45, 7) is 5.64. The van der Waals surface area contributed by atoms with Gasteiger partial charge in [-0.25, -0.2) is 4.98 Å². The Bertz CT molecular complexity index is 492. The van der Waals surface area contributed by atoms with Crippen LogP contribution in [0.1, 0.15) is 13.3 Å². The van der Waals surface area contributed by atoms with Gasteiger partial charge in [-0.15, -0.1) is 0 Å². The number of carbonyl (C=O) groups excluding carboxylic acids is 1. The Labute approximate surface area is 119 Å². The average molecular weight is 275 g/mol. The molecule has 2 atom stereocenters. The zero-order chi connectivity index (χ0) is 14.1. The average Bonchev–Trinajstić information content (AvgIpc) is 3.04. The maximum Gasteiger partial charge on any atom is 0.222 e. The minimum atomic E-state index is 0.279. The Morgan fingerprint density at radius 2 is 2.05 bits per heavy atom. The summed E-state index contributed by atoms with van der Waals surface area (Å²) in [5, 5.41) is 0. The first kappa shape index (κ1) is 13.2. The topological polar surface area (TPSA) is 45.7 Å². The summed E-state index contributed by atoms with van der Waals surface area (Å²) in [4.78, 5) is 20.5. The molecule has 2 fully saturated rings. The standard InChI is InChI=1S/C15H21N3O2/c1-3-14(19)17-7-11-9-18(10-12(11)8-17)15-13(20-2)5-4-6-16-15/h4-6,11-12H,3,7-10H2,1-2H3. The van der Waals surface area contributed by atoms with Crippen LogP contribution in [0.15, 0.2) is 18.3 Å². The zero-order valence-corrected chi connectivity index (χ0v) is 12.1. The number of likely N-dealkylation sites (tertiary alicyclic amines) is 1. The van der Waals surface area contributed by atoms with Crippen molar-refractivity contribution in [3.63, 3.8) is 0 Å². The smallest absolute Gasteiger partial charge is 0.222 e. The van der Waals surface area contributed by atoms with Crippen molar-refractivity contribution in [3.05, 3.63) is 18.3 Å². The number of ether oxygens (including phenoxy) is 1. The molecule has 2 saturated heterocycles. The summed E-state index contributed by atoms with van der Waals surface area (Å²) in [5.41, 5.74) is 0. The quantitative estimate of drug-likeness (QED) is 0.836. The van der Waals surface area contributed by atoms with Gasteiger partial charge in [0.2, 0.25) is 5.91 Å². The highest BCUT2D eigenvalue weighted by molar-refractivity contribution is 5.76. The number of carbonyl (C=O) groups is 1. The Hall–Kier alpha value is -1.78. The number of anilines is 1. The Morgan fingerprint density at radius 1 is 1.35 bits per heavy atom. The number of amides is 1. The highest BCUT2D eigenvalue weighted by Crippen LogP contribution is 2.36. The number of hydrogen-bond donors (Lipinski definition) is 0. The van der Waals surface area contributed by atoms with E-state index in [1.165, 1.54) is 0 Å². The van der Waals surface area contributed by atoms with Gasteiger partial charge < -0.3 is 14.5 Å².